The highest BCUT2D eigenvalue weighted by molar-refractivity contribution is 6.68. The van der Waals surface area contributed by atoms with Crippen molar-refractivity contribution < 1.29 is 4.79 Å². The quantitative estimate of drug-likeness (QED) is 0.729. The van der Waals surface area contributed by atoms with Crippen molar-refractivity contribution in [3.05, 3.63) is 28.0 Å². The number of hydrogen-bond acceptors (Lipinski definition) is 2. The Morgan fingerprint density at radius 1 is 1.33 bits per heavy atom. The molecule has 0 bridgehead atoms. The predicted molar refractivity (Wildman–Crippen MR) is 63.3 cm³/mol. The number of aromatic nitrogens is 1. The second kappa shape index (κ2) is 5.15. The molecule has 82 valence electrons. The molecule has 0 saturated heterocycles. The van der Waals surface area contributed by atoms with E-state index in [1.54, 1.807) is 0 Å². The Morgan fingerprint density at radius 3 is 2.67 bits per heavy atom. The molecule has 1 aliphatic rings. The Morgan fingerprint density at radius 2 is 2.00 bits per heavy atom. The van der Waals surface area contributed by atoms with Crippen LogP contribution in [0.1, 0.15) is 34.5 Å². The molecule has 0 N–H and O–H groups in total. The number of carbonyl (C=O) groups excluding carboxylic acids is 1. The Balaban J connectivity index is 0.00000112. The average molecular weight is 267 g/mol. The fraction of sp³-hybridized carbons (Fsp3) is 0.400. The number of aryl methyl sites for hydroxylation is 1. The summed E-state index contributed by atoms with van der Waals surface area (Å²) in [5, 5.41) is -0.0365. The van der Waals surface area contributed by atoms with Crippen molar-refractivity contribution in [2.45, 2.75) is 25.7 Å². The topological polar surface area (TPSA) is 30.0 Å². The van der Waals surface area contributed by atoms with E-state index in [0.717, 1.165) is 36.9 Å². The van der Waals surface area contributed by atoms with Crippen molar-refractivity contribution in [3.8, 4) is 0 Å². The van der Waals surface area contributed by atoms with Crippen LogP contribution in [0.15, 0.2) is 6.20 Å². The third-order valence-electron chi connectivity index (χ3n) is 2.50. The zero-order valence-electron chi connectivity index (χ0n) is 7.93. The molecule has 2 nitrogen and oxygen atoms in total. The van der Waals surface area contributed by atoms with Crippen LogP contribution in [0.25, 0.3) is 0 Å². The number of fused-ring (bicyclic) bond motifs is 1. The Labute approximate surface area is 104 Å². The highest BCUT2D eigenvalue weighted by atomic mass is 35.5. The molecular weight excluding hydrogens is 256 g/mol. The van der Waals surface area contributed by atoms with Crippen LogP contribution < -0.4 is 0 Å². The van der Waals surface area contributed by atoms with Gasteiger partial charge in [-0.05, 0) is 42.8 Å². The highest BCUT2D eigenvalue weighted by Gasteiger charge is 2.18. The summed E-state index contributed by atoms with van der Waals surface area (Å²) >= 11 is 11.5. The second-order valence-electron chi connectivity index (χ2n) is 3.39. The van der Waals surface area contributed by atoms with Gasteiger partial charge in [-0.25, -0.2) is 0 Å². The molecule has 1 aromatic rings. The first kappa shape index (κ1) is 12.8. The van der Waals surface area contributed by atoms with Crippen LogP contribution in [0.3, 0.4) is 0 Å². The standard InChI is InChI=1S/C10H9Cl2NO.ClH/c11-9-6-3-1-2-4-8(6)13-5-7(9)10(12)14;/h5H,1-4H2;1H. The molecule has 0 aliphatic heterocycles. The van der Waals surface area contributed by atoms with E-state index in [1.165, 1.54) is 6.20 Å². The maximum Gasteiger partial charge on any atom is 0.255 e. The number of hydrogen-bond donors (Lipinski definition) is 0. The summed E-state index contributed by atoms with van der Waals surface area (Å²) < 4.78 is 0. The van der Waals surface area contributed by atoms with Gasteiger partial charge in [0, 0.05) is 11.9 Å². The van der Waals surface area contributed by atoms with E-state index in [-0.39, 0.29) is 12.4 Å². The summed E-state index contributed by atoms with van der Waals surface area (Å²) in [7, 11) is 0. The Hall–Kier alpha value is -0.310. The molecule has 1 heterocycles. The minimum absolute atomic E-state index is 0. The molecule has 0 aromatic carbocycles. The molecule has 1 aromatic heterocycles. The Kier molecular flexibility index (Phi) is 4.38. The van der Waals surface area contributed by atoms with E-state index in [9.17, 15) is 4.79 Å². The van der Waals surface area contributed by atoms with Gasteiger partial charge >= 0.3 is 0 Å². The van der Waals surface area contributed by atoms with Gasteiger partial charge in [0.1, 0.15) is 0 Å². The largest absolute Gasteiger partial charge is 0.275 e. The molecule has 0 saturated carbocycles. The van der Waals surface area contributed by atoms with Crippen LogP contribution in [-0.2, 0) is 12.8 Å². The van der Waals surface area contributed by atoms with Crippen molar-refractivity contribution in [1.29, 1.82) is 0 Å². The zero-order chi connectivity index (χ0) is 10.1. The first-order valence-electron chi connectivity index (χ1n) is 4.56. The molecule has 0 amide bonds. The van der Waals surface area contributed by atoms with Gasteiger partial charge < -0.3 is 0 Å². The van der Waals surface area contributed by atoms with Gasteiger partial charge in [0.15, 0.2) is 0 Å². The van der Waals surface area contributed by atoms with E-state index >= 15 is 0 Å². The maximum atomic E-state index is 11.0. The summed E-state index contributed by atoms with van der Waals surface area (Å²) in [6.07, 6.45) is 5.58. The van der Waals surface area contributed by atoms with E-state index < -0.39 is 5.24 Å². The normalized spacial score (nSPS) is 14.0. The van der Waals surface area contributed by atoms with Gasteiger partial charge in [0.2, 0.25) is 0 Å². The van der Waals surface area contributed by atoms with Gasteiger partial charge in [-0.15, -0.1) is 12.4 Å². The fourth-order valence-electron chi connectivity index (χ4n) is 1.77. The van der Waals surface area contributed by atoms with Gasteiger partial charge in [-0.2, -0.15) is 0 Å². The van der Waals surface area contributed by atoms with Gasteiger partial charge in [0.25, 0.3) is 5.24 Å². The molecule has 0 radical (unpaired) electrons. The van der Waals surface area contributed by atoms with Gasteiger partial charge in [-0.1, -0.05) is 11.6 Å². The number of pyridine rings is 1. The lowest BCUT2D eigenvalue weighted by Crippen LogP contribution is -2.08. The van der Waals surface area contributed by atoms with Crippen molar-refractivity contribution >= 4 is 40.9 Å². The third-order valence-corrected chi connectivity index (χ3v) is 3.14. The van der Waals surface area contributed by atoms with Crippen LogP contribution in [0.5, 0.6) is 0 Å². The molecule has 0 spiro atoms. The lowest BCUT2D eigenvalue weighted by atomic mass is 9.95. The number of nitrogens with zero attached hydrogens (tertiary/aromatic N) is 1. The van der Waals surface area contributed by atoms with Gasteiger partial charge in [-0.3, -0.25) is 9.78 Å². The van der Waals surface area contributed by atoms with Crippen molar-refractivity contribution in [2.24, 2.45) is 0 Å². The number of halogens is 3. The van der Waals surface area contributed by atoms with Crippen LogP contribution in [0.4, 0.5) is 0 Å². The molecule has 0 fully saturated rings. The maximum absolute atomic E-state index is 11.0. The molecule has 2 rings (SSSR count). The number of rotatable bonds is 1. The van der Waals surface area contributed by atoms with E-state index in [0.29, 0.717) is 10.6 Å². The third kappa shape index (κ3) is 2.44. The first-order chi connectivity index (χ1) is 6.70. The summed E-state index contributed by atoms with van der Waals surface area (Å²) in [6, 6.07) is 0. The summed E-state index contributed by atoms with van der Waals surface area (Å²) in [5.41, 5.74) is 2.35. The summed E-state index contributed by atoms with van der Waals surface area (Å²) in [6.45, 7) is 0. The van der Waals surface area contributed by atoms with E-state index in [2.05, 4.69) is 4.98 Å². The molecule has 5 heteroatoms. The van der Waals surface area contributed by atoms with Crippen molar-refractivity contribution in [3.63, 3.8) is 0 Å². The van der Waals surface area contributed by atoms with Crippen LogP contribution in [0.2, 0.25) is 5.02 Å². The highest BCUT2D eigenvalue weighted by Crippen LogP contribution is 2.29. The zero-order valence-corrected chi connectivity index (χ0v) is 10.3. The second-order valence-corrected chi connectivity index (χ2v) is 4.11. The number of carbonyl (C=O) groups is 1. The van der Waals surface area contributed by atoms with Crippen LogP contribution >= 0.6 is 35.6 Å². The molecule has 1 aliphatic carbocycles. The molecule has 15 heavy (non-hydrogen) atoms. The lowest BCUT2D eigenvalue weighted by molar-refractivity contribution is 0.108. The van der Waals surface area contributed by atoms with Crippen LogP contribution in [0, 0.1) is 0 Å². The smallest absolute Gasteiger partial charge is 0.255 e. The summed E-state index contributed by atoms with van der Waals surface area (Å²) in [5.74, 6) is 0. The molecule has 0 unspecified atom stereocenters. The van der Waals surface area contributed by atoms with Gasteiger partial charge in [0.05, 0.1) is 10.6 Å². The SMILES string of the molecule is Cl.O=C(Cl)c1cnc2c(c1Cl)CCCC2. The lowest BCUT2D eigenvalue weighted by Gasteiger charge is -2.16. The van der Waals surface area contributed by atoms with Crippen LogP contribution in [-0.4, -0.2) is 10.2 Å². The molecular formula is C10H10Cl3NO. The summed E-state index contributed by atoms with van der Waals surface area (Å²) in [4.78, 5) is 15.2. The van der Waals surface area contributed by atoms with E-state index in [4.69, 9.17) is 23.2 Å². The molecule has 0 atom stereocenters. The minimum atomic E-state index is -0.532. The van der Waals surface area contributed by atoms with Crippen molar-refractivity contribution in [1.82, 2.24) is 4.98 Å². The first-order valence-corrected chi connectivity index (χ1v) is 5.32. The minimum Gasteiger partial charge on any atom is -0.275 e. The Bertz CT molecular complexity index is 392. The van der Waals surface area contributed by atoms with Crippen molar-refractivity contribution in [2.75, 3.05) is 0 Å². The predicted octanol–water partition coefficient (Wildman–Crippen LogP) is 3.41. The monoisotopic (exact) mass is 265 g/mol. The van der Waals surface area contributed by atoms with E-state index in [1.807, 2.05) is 0 Å². The average Bonchev–Trinajstić information content (AvgIpc) is 2.18. The fourth-order valence-corrected chi connectivity index (χ4v) is 2.30.